The fourth-order valence-electron chi connectivity index (χ4n) is 1.69. The highest BCUT2D eigenvalue weighted by molar-refractivity contribution is 6.34. The fraction of sp³-hybridized carbons (Fsp3) is 0.154. The third-order valence-electron chi connectivity index (χ3n) is 2.77. The first-order valence-electron chi connectivity index (χ1n) is 5.86. The smallest absolute Gasteiger partial charge is 0.259 e. The molecule has 0 aliphatic rings. The van der Waals surface area contributed by atoms with Crippen LogP contribution in [0.2, 0.25) is 5.02 Å². The predicted molar refractivity (Wildman–Crippen MR) is 76.1 cm³/mol. The van der Waals surface area contributed by atoms with E-state index in [0.29, 0.717) is 27.5 Å². The Labute approximate surface area is 120 Å². The Morgan fingerprint density at radius 1 is 1.25 bits per heavy atom. The highest BCUT2D eigenvalue weighted by Gasteiger charge is 2.13. The van der Waals surface area contributed by atoms with E-state index >= 15 is 0 Å². The van der Waals surface area contributed by atoms with Gasteiger partial charge in [0.05, 0.1) is 22.3 Å². The summed E-state index contributed by atoms with van der Waals surface area (Å²) in [6, 6.07) is 4.71. The number of aromatic amines is 1. The lowest BCUT2D eigenvalue weighted by Gasteiger charge is -2.08. The van der Waals surface area contributed by atoms with E-state index in [1.165, 1.54) is 19.3 Å². The Morgan fingerprint density at radius 2 is 2.00 bits per heavy atom. The van der Waals surface area contributed by atoms with Crippen molar-refractivity contribution in [3.63, 3.8) is 0 Å². The quantitative estimate of drug-likeness (QED) is 0.808. The second kappa shape index (κ2) is 5.75. The van der Waals surface area contributed by atoms with Crippen molar-refractivity contribution in [1.82, 2.24) is 15.5 Å². The van der Waals surface area contributed by atoms with Crippen LogP contribution in [0.5, 0.6) is 0 Å². The Hall–Kier alpha value is -2.34. The van der Waals surface area contributed by atoms with Gasteiger partial charge in [0.2, 0.25) is 0 Å². The van der Waals surface area contributed by atoms with Crippen LogP contribution >= 0.6 is 11.6 Å². The number of hydrogen-bond acceptors (Lipinski definition) is 3. The average molecular weight is 293 g/mol. The zero-order valence-corrected chi connectivity index (χ0v) is 11.7. The van der Waals surface area contributed by atoms with E-state index in [-0.39, 0.29) is 11.8 Å². The number of aryl methyl sites for hydroxylation is 1. The van der Waals surface area contributed by atoms with E-state index < -0.39 is 0 Å². The minimum atomic E-state index is -0.314. The van der Waals surface area contributed by atoms with Gasteiger partial charge in [0, 0.05) is 18.4 Å². The van der Waals surface area contributed by atoms with Crippen LogP contribution in [0.1, 0.15) is 26.4 Å². The van der Waals surface area contributed by atoms with Crippen LogP contribution in [0, 0.1) is 6.92 Å². The molecule has 2 amide bonds. The van der Waals surface area contributed by atoms with Gasteiger partial charge in [-0.1, -0.05) is 11.6 Å². The summed E-state index contributed by atoms with van der Waals surface area (Å²) in [4.78, 5) is 23.7. The molecular formula is C13H13ClN4O2. The van der Waals surface area contributed by atoms with Gasteiger partial charge < -0.3 is 10.6 Å². The fourth-order valence-corrected chi connectivity index (χ4v) is 1.89. The number of rotatable bonds is 3. The van der Waals surface area contributed by atoms with Crippen molar-refractivity contribution in [2.24, 2.45) is 0 Å². The Bertz CT molecular complexity index is 666. The molecule has 1 aromatic heterocycles. The van der Waals surface area contributed by atoms with Gasteiger partial charge >= 0.3 is 0 Å². The van der Waals surface area contributed by atoms with Gasteiger partial charge in [-0.2, -0.15) is 5.10 Å². The largest absolute Gasteiger partial charge is 0.355 e. The molecule has 104 valence electrons. The Kier molecular flexibility index (Phi) is 4.05. The Balaban J connectivity index is 2.24. The van der Waals surface area contributed by atoms with Gasteiger partial charge in [0.15, 0.2) is 0 Å². The molecule has 0 aliphatic heterocycles. The second-order valence-corrected chi connectivity index (χ2v) is 4.54. The molecule has 0 unspecified atom stereocenters. The van der Waals surface area contributed by atoms with Gasteiger partial charge in [-0.15, -0.1) is 0 Å². The first-order valence-corrected chi connectivity index (χ1v) is 6.23. The molecule has 7 heteroatoms. The number of nitrogens with one attached hydrogen (secondary N) is 3. The SMILES string of the molecule is CNC(=O)c1cc(NC(=O)c2cn[nH]c2C)ccc1Cl. The number of carbonyl (C=O) groups is 2. The van der Waals surface area contributed by atoms with E-state index in [2.05, 4.69) is 20.8 Å². The molecule has 1 heterocycles. The topological polar surface area (TPSA) is 86.9 Å². The average Bonchev–Trinajstić information content (AvgIpc) is 2.86. The molecule has 0 radical (unpaired) electrons. The number of anilines is 1. The maximum atomic E-state index is 12.0. The van der Waals surface area contributed by atoms with E-state index in [1.807, 2.05) is 0 Å². The lowest BCUT2D eigenvalue weighted by atomic mass is 10.1. The maximum Gasteiger partial charge on any atom is 0.259 e. The van der Waals surface area contributed by atoms with Crippen LogP contribution in [0.15, 0.2) is 24.4 Å². The monoisotopic (exact) mass is 292 g/mol. The summed E-state index contributed by atoms with van der Waals surface area (Å²) < 4.78 is 0. The van der Waals surface area contributed by atoms with Crippen molar-refractivity contribution in [3.8, 4) is 0 Å². The van der Waals surface area contributed by atoms with Crippen LogP contribution in [-0.4, -0.2) is 29.1 Å². The minimum absolute atomic E-state index is 0.302. The van der Waals surface area contributed by atoms with Crippen LogP contribution in [-0.2, 0) is 0 Å². The molecule has 0 saturated heterocycles. The zero-order chi connectivity index (χ0) is 14.7. The molecule has 2 rings (SSSR count). The molecular weight excluding hydrogens is 280 g/mol. The first kappa shape index (κ1) is 14.1. The lowest BCUT2D eigenvalue weighted by Crippen LogP contribution is -2.19. The Morgan fingerprint density at radius 3 is 2.60 bits per heavy atom. The molecule has 0 fully saturated rings. The summed E-state index contributed by atoms with van der Waals surface area (Å²) in [5.74, 6) is -0.619. The number of amides is 2. The predicted octanol–water partition coefficient (Wildman–Crippen LogP) is 1.98. The molecule has 2 aromatic rings. The highest BCUT2D eigenvalue weighted by Crippen LogP contribution is 2.21. The van der Waals surface area contributed by atoms with E-state index in [9.17, 15) is 9.59 Å². The normalized spacial score (nSPS) is 10.2. The highest BCUT2D eigenvalue weighted by atomic mass is 35.5. The van der Waals surface area contributed by atoms with Gasteiger partial charge in [0.1, 0.15) is 0 Å². The third kappa shape index (κ3) is 2.80. The summed E-state index contributed by atoms with van der Waals surface area (Å²) >= 11 is 5.94. The van der Waals surface area contributed by atoms with Crippen LogP contribution in [0.25, 0.3) is 0 Å². The lowest BCUT2D eigenvalue weighted by molar-refractivity contribution is 0.0961. The van der Waals surface area contributed by atoms with Gasteiger partial charge in [-0.25, -0.2) is 0 Å². The minimum Gasteiger partial charge on any atom is -0.355 e. The molecule has 6 nitrogen and oxygen atoms in total. The van der Waals surface area contributed by atoms with Crippen molar-refractivity contribution >= 4 is 29.1 Å². The number of aromatic nitrogens is 2. The van der Waals surface area contributed by atoms with Gasteiger partial charge in [-0.3, -0.25) is 14.7 Å². The number of carbonyl (C=O) groups excluding carboxylic acids is 2. The molecule has 3 N–H and O–H groups in total. The summed E-state index contributed by atoms with van der Waals surface area (Å²) in [5, 5.41) is 12.0. The number of halogens is 1. The van der Waals surface area contributed by atoms with Crippen molar-refractivity contribution < 1.29 is 9.59 Å². The van der Waals surface area contributed by atoms with Crippen LogP contribution < -0.4 is 10.6 Å². The summed E-state index contributed by atoms with van der Waals surface area (Å²) in [5.41, 5.74) is 1.90. The molecule has 0 spiro atoms. The number of nitrogens with zero attached hydrogens (tertiary/aromatic N) is 1. The molecule has 0 atom stereocenters. The van der Waals surface area contributed by atoms with E-state index in [4.69, 9.17) is 11.6 Å². The third-order valence-corrected chi connectivity index (χ3v) is 3.10. The molecule has 0 aliphatic carbocycles. The van der Waals surface area contributed by atoms with E-state index in [0.717, 1.165) is 0 Å². The zero-order valence-electron chi connectivity index (χ0n) is 11.0. The molecule has 0 saturated carbocycles. The van der Waals surface area contributed by atoms with Crippen molar-refractivity contribution in [2.45, 2.75) is 6.92 Å². The second-order valence-electron chi connectivity index (χ2n) is 4.14. The number of hydrogen-bond donors (Lipinski definition) is 3. The number of benzene rings is 1. The van der Waals surface area contributed by atoms with Gasteiger partial charge in [-0.05, 0) is 25.1 Å². The summed E-state index contributed by atoms with van der Waals surface area (Å²) in [6.07, 6.45) is 1.44. The van der Waals surface area contributed by atoms with Gasteiger partial charge in [0.25, 0.3) is 11.8 Å². The molecule has 1 aromatic carbocycles. The summed E-state index contributed by atoms with van der Waals surface area (Å²) in [7, 11) is 1.51. The maximum absolute atomic E-state index is 12.0. The van der Waals surface area contributed by atoms with Crippen LogP contribution in [0.3, 0.4) is 0 Å². The van der Waals surface area contributed by atoms with Crippen molar-refractivity contribution in [1.29, 1.82) is 0 Å². The molecule has 0 bridgehead atoms. The van der Waals surface area contributed by atoms with Crippen LogP contribution in [0.4, 0.5) is 5.69 Å². The summed E-state index contributed by atoms with van der Waals surface area (Å²) in [6.45, 7) is 1.75. The first-order chi connectivity index (χ1) is 9.52. The standard InChI is InChI=1S/C13H13ClN4O2/c1-7-10(6-16-18-7)13(20)17-8-3-4-11(14)9(5-8)12(19)15-2/h3-6H,1-2H3,(H,15,19)(H,16,18)(H,17,20). The number of H-pyrrole nitrogens is 1. The van der Waals surface area contributed by atoms with Crippen molar-refractivity contribution in [2.75, 3.05) is 12.4 Å². The van der Waals surface area contributed by atoms with Crippen molar-refractivity contribution in [3.05, 3.63) is 46.2 Å². The molecule has 20 heavy (non-hydrogen) atoms. The van der Waals surface area contributed by atoms with E-state index in [1.54, 1.807) is 19.1 Å².